The Morgan fingerprint density at radius 1 is 0.857 bits per heavy atom. The van der Waals surface area contributed by atoms with Gasteiger partial charge in [-0.05, 0) is 41.5 Å². The lowest BCUT2D eigenvalue weighted by atomic mass is 10.1. The number of halogens is 1. The predicted molar refractivity (Wildman–Crippen MR) is 117 cm³/mol. The summed E-state index contributed by atoms with van der Waals surface area (Å²) < 4.78 is 13.5. The quantitative estimate of drug-likeness (QED) is 0.357. The fourth-order valence-electron chi connectivity index (χ4n) is 2.57. The van der Waals surface area contributed by atoms with Crippen molar-refractivity contribution in [3.8, 4) is 0 Å². The first-order chi connectivity index (χ1) is 13.7. The lowest BCUT2D eigenvalue weighted by Gasteiger charge is -2.07. The molecule has 3 aromatic carbocycles. The first kappa shape index (κ1) is 20.5. The van der Waals surface area contributed by atoms with Gasteiger partial charge in [-0.3, -0.25) is 4.79 Å². The number of benzene rings is 3. The van der Waals surface area contributed by atoms with E-state index in [-0.39, 0.29) is 11.7 Å². The molecule has 0 atom stereocenters. The second-order valence-electron chi connectivity index (χ2n) is 6.20. The molecule has 1 N–H and O–H groups in total. The van der Waals surface area contributed by atoms with Crippen molar-refractivity contribution in [1.82, 2.24) is 5.32 Å². The van der Waals surface area contributed by atoms with Crippen LogP contribution in [0, 0.1) is 5.82 Å². The third-order valence-corrected chi connectivity index (χ3v) is 6.20. The standard InChI is InChI=1S/C23H22FNOS2/c24-22-9-5-4-6-20(22)17-27-15-14-25-23(26)19-12-10-18(11-13-19)16-28-21-7-2-1-3-8-21/h1-13H,14-17H2,(H,25,26). The fraction of sp³-hybridized carbons (Fsp3) is 0.174. The summed E-state index contributed by atoms with van der Waals surface area (Å²) in [5.74, 6) is 1.97. The number of rotatable bonds is 9. The maximum atomic E-state index is 13.5. The Balaban J connectivity index is 1.38. The van der Waals surface area contributed by atoms with Gasteiger partial charge < -0.3 is 5.32 Å². The maximum Gasteiger partial charge on any atom is 0.251 e. The second kappa shape index (κ2) is 10.9. The number of carbonyl (C=O) groups is 1. The fourth-order valence-corrected chi connectivity index (χ4v) is 4.29. The van der Waals surface area contributed by atoms with Gasteiger partial charge in [0.25, 0.3) is 5.91 Å². The van der Waals surface area contributed by atoms with Crippen LogP contribution in [0.25, 0.3) is 0 Å². The van der Waals surface area contributed by atoms with E-state index < -0.39 is 0 Å². The molecule has 3 rings (SSSR count). The highest BCUT2D eigenvalue weighted by atomic mass is 32.2. The minimum absolute atomic E-state index is 0.0752. The van der Waals surface area contributed by atoms with Crippen molar-refractivity contribution in [3.63, 3.8) is 0 Å². The molecule has 0 saturated heterocycles. The Morgan fingerprint density at radius 2 is 1.57 bits per heavy atom. The molecular weight excluding hydrogens is 389 g/mol. The molecule has 28 heavy (non-hydrogen) atoms. The molecule has 0 bridgehead atoms. The largest absolute Gasteiger partial charge is 0.351 e. The number of carbonyl (C=O) groups excluding carboxylic acids is 1. The Bertz CT molecular complexity index is 885. The molecule has 0 aliphatic carbocycles. The van der Waals surface area contributed by atoms with Crippen LogP contribution in [0.15, 0.2) is 83.8 Å². The predicted octanol–water partition coefficient (Wildman–Crippen LogP) is 5.78. The zero-order valence-electron chi connectivity index (χ0n) is 15.4. The summed E-state index contributed by atoms with van der Waals surface area (Å²) in [5, 5.41) is 2.92. The number of hydrogen-bond donors (Lipinski definition) is 1. The van der Waals surface area contributed by atoms with Crippen LogP contribution in [0.2, 0.25) is 0 Å². The third-order valence-electron chi connectivity index (χ3n) is 4.11. The molecule has 3 aromatic rings. The number of thioether (sulfide) groups is 2. The van der Waals surface area contributed by atoms with E-state index in [0.29, 0.717) is 23.4 Å². The molecule has 144 valence electrons. The van der Waals surface area contributed by atoms with E-state index in [4.69, 9.17) is 0 Å². The molecule has 5 heteroatoms. The highest BCUT2D eigenvalue weighted by Gasteiger charge is 2.06. The Labute approximate surface area is 173 Å². The lowest BCUT2D eigenvalue weighted by Crippen LogP contribution is -2.25. The van der Waals surface area contributed by atoms with E-state index >= 15 is 0 Å². The summed E-state index contributed by atoms with van der Waals surface area (Å²) in [6, 6.07) is 24.8. The monoisotopic (exact) mass is 411 g/mol. The topological polar surface area (TPSA) is 29.1 Å². The molecule has 2 nitrogen and oxygen atoms in total. The SMILES string of the molecule is O=C(NCCSCc1ccccc1F)c1ccc(CSc2ccccc2)cc1. The summed E-state index contributed by atoms with van der Waals surface area (Å²) in [5.41, 5.74) is 2.54. The van der Waals surface area contributed by atoms with E-state index in [2.05, 4.69) is 17.4 Å². The normalized spacial score (nSPS) is 10.6. The average molecular weight is 412 g/mol. The number of nitrogens with one attached hydrogen (secondary N) is 1. The first-order valence-electron chi connectivity index (χ1n) is 9.08. The Morgan fingerprint density at radius 3 is 2.32 bits per heavy atom. The van der Waals surface area contributed by atoms with Gasteiger partial charge in [0, 0.05) is 34.3 Å². The lowest BCUT2D eigenvalue weighted by molar-refractivity contribution is 0.0956. The summed E-state index contributed by atoms with van der Waals surface area (Å²) in [7, 11) is 0. The van der Waals surface area contributed by atoms with Crippen LogP contribution in [-0.2, 0) is 11.5 Å². The summed E-state index contributed by atoms with van der Waals surface area (Å²) in [6.45, 7) is 0.559. The second-order valence-corrected chi connectivity index (χ2v) is 8.35. The van der Waals surface area contributed by atoms with Crippen molar-refractivity contribution in [1.29, 1.82) is 0 Å². The van der Waals surface area contributed by atoms with E-state index in [0.717, 1.165) is 11.5 Å². The van der Waals surface area contributed by atoms with Crippen LogP contribution in [0.4, 0.5) is 4.39 Å². The van der Waals surface area contributed by atoms with Gasteiger partial charge in [0.1, 0.15) is 5.82 Å². The molecule has 0 spiro atoms. The molecule has 0 aliphatic heterocycles. The number of hydrogen-bond acceptors (Lipinski definition) is 3. The Kier molecular flexibility index (Phi) is 8.00. The molecule has 0 aliphatic rings. The molecule has 0 saturated carbocycles. The molecule has 0 unspecified atom stereocenters. The van der Waals surface area contributed by atoms with Crippen LogP contribution in [0.3, 0.4) is 0 Å². The van der Waals surface area contributed by atoms with Gasteiger partial charge in [0.2, 0.25) is 0 Å². The van der Waals surface area contributed by atoms with Crippen molar-refractivity contribution >= 4 is 29.4 Å². The van der Waals surface area contributed by atoms with Gasteiger partial charge in [-0.25, -0.2) is 4.39 Å². The van der Waals surface area contributed by atoms with Gasteiger partial charge in [0.05, 0.1) is 0 Å². The van der Waals surface area contributed by atoms with E-state index in [1.54, 1.807) is 35.7 Å². The van der Waals surface area contributed by atoms with Crippen LogP contribution >= 0.6 is 23.5 Å². The van der Waals surface area contributed by atoms with Gasteiger partial charge in [-0.2, -0.15) is 11.8 Å². The summed E-state index contributed by atoms with van der Waals surface area (Å²) in [6.07, 6.45) is 0. The minimum Gasteiger partial charge on any atom is -0.351 e. The van der Waals surface area contributed by atoms with Crippen LogP contribution in [0.5, 0.6) is 0 Å². The van der Waals surface area contributed by atoms with Gasteiger partial charge >= 0.3 is 0 Å². The number of amides is 1. The van der Waals surface area contributed by atoms with Crippen LogP contribution in [0.1, 0.15) is 21.5 Å². The van der Waals surface area contributed by atoms with E-state index in [9.17, 15) is 9.18 Å². The average Bonchev–Trinajstić information content (AvgIpc) is 2.74. The molecule has 0 fully saturated rings. The van der Waals surface area contributed by atoms with Crippen molar-refractivity contribution < 1.29 is 9.18 Å². The van der Waals surface area contributed by atoms with Gasteiger partial charge in [0.15, 0.2) is 0 Å². The Hall–Kier alpha value is -2.24. The van der Waals surface area contributed by atoms with Crippen LogP contribution in [-0.4, -0.2) is 18.2 Å². The van der Waals surface area contributed by atoms with Crippen molar-refractivity contribution in [2.24, 2.45) is 0 Å². The highest BCUT2D eigenvalue weighted by molar-refractivity contribution is 7.98. The maximum absolute atomic E-state index is 13.5. The van der Waals surface area contributed by atoms with E-state index in [1.165, 1.54) is 16.5 Å². The molecule has 0 heterocycles. The van der Waals surface area contributed by atoms with Gasteiger partial charge in [-0.15, -0.1) is 11.8 Å². The van der Waals surface area contributed by atoms with Crippen molar-refractivity contribution in [3.05, 3.63) is 101 Å². The zero-order valence-corrected chi connectivity index (χ0v) is 17.1. The zero-order chi connectivity index (χ0) is 19.6. The summed E-state index contributed by atoms with van der Waals surface area (Å²) >= 11 is 3.38. The molecule has 0 aromatic heterocycles. The van der Waals surface area contributed by atoms with Crippen LogP contribution < -0.4 is 5.32 Å². The first-order valence-corrected chi connectivity index (χ1v) is 11.2. The smallest absolute Gasteiger partial charge is 0.251 e. The molecule has 1 amide bonds. The molecular formula is C23H22FNOS2. The van der Waals surface area contributed by atoms with Gasteiger partial charge in [-0.1, -0.05) is 48.5 Å². The van der Waals surface area contributed by atoms with Crippen molar-refractivity contribution in [2.75, 3.05) is 12.3 Å². The highest BCUT2D eigenvalue weighted by Crippen LogP contribution is 2.22. The molecule has 0 radical (unpaired) electrons. The third kappa shape index (κ3) is 6.43. The summed E-state index contributed by atoms with van der Waals surface area (Å²) in [4.78, 5) is 13.5. The van der Waals surface area contributed by atoms with Crippen molar-refractivity contribution in [2.45, 2.75) is 16.4 Å². The van der Waals surface area contributed by atoms with E-state index in [1.807, 2.05) is 48.5 Å². The minimum atomic E-state index is -0.176.